The first-order valence-corrected chi connectivity index (χ1v) is 5.23. The third kappa shape index (κ3) is 1.83. The molecule has 2 rings (SSSR count). The van der Waals surface area contributed by atoms with Gasteiger partial charge in [-0.15, -0.1) is 0 Å². The molecule has 2 saturated heterocycles. The lowest BCUT2D eigenvalue weighted by Crippen LogP contribution is -2.37. The van der Waals surface area contributed by atoms with Crippen molar-refractivity contribution in [3.05, 3.63) is 11.6 Å². The highest BCUT2D eigenvalue weighted by atomic mass is 16.1. The maximum atomic E-state index is 11.2. The highest BCUT2D eigenvalue weighted by Gasteiger charge is 2.32. The number of nitrogens with zero attached hydrogens (tertiary/aromatic N) is 1. The van der Waals surface area contributed by atoms with E-state index in [2.05, 4.69) is 17.9 Å². The van der Waals surface area contributed by atoms with Crippen LogP contribution in [-0.2, 0) is 4.79 Å². The highest BCUT2D eigenvalue weighted by molar-refractivity contribution is 5.80. The fraction of sp³-hybridized carbons (Fsp3) is 0.727. The summed E-state index contributed by atoms with van der Waals surface area (Å²) in [6, 6.07) is 0.541. The smallest absolute Gasteiger partial charge is 0.135 e. The van der Waals surface area contributed by atoms with Crippen LogP contribution in [0.2, 0.25) is 0 Å². The number of Topliss-reactive ketones (excluding diaryl/α,β-unsaturated/α-hetero) is 1. The SMILES string of the molecule is CC/C=C1/CC2CC(=O)CCN2C1. The van der Waals surface area contributed by atoms with Crippen LogP contribution in [0.25, 0.3) is 0 Å². The molecule has 0 N–H and O–H groups in total. The lowest BCUT2D eigenvalue weighted by Gasteiger charge is -2.27. The van der Waals surface area contributed by atoms with E-state index in [-0.39, 0.29) is 0 Å². The van der Waals surface area contributed by atoms with Gasteiger partial charge in [-0.05, 0) is 12.8 Å². The molecule has 0 amide bonds. The Morgan fingerprint density at radius 1 is 1.54 bits per heavy atom. The Morgan fingerprint density at radius 3 is 3.15 bits per heavy atom. The molecule has 13 heavy (non-hydrogen) atoms. The van der Waals surface area contributed by atoms with E-state index in [1.54, 1.807) is 5.57 Å². The zero-order chi connectivity index (χ0) is 9.26. The van der Waals surface area contributed by atoms with Gasteiger partial charge < -0.3 is 0 Å². The molecular weight excluding hydrogens is 162 g/mol. The minimum Gasteiger partial charge on any atom is -0.300 e. The van der Waals surface area contributed by atoms with E-state index in [4.69, 9.17) is 0 Å². The van der Waals surface area contributed by atoms with Crippen LogP contribution in [0.1, 0.15) is 32.6 Å². The topological polar surface area (TPSA) is 20.3 Å². The van der Waals surface area contributed by atoms with Gasteiger partial charge in [0.15, 0.2) is 0 Å². The van der Waals surface area contributed by atoms with E-state index in [0.29, 0.717) is 11.8 Å². The van der Waals surface area contributed by atoms with Crippen molar-refractivity contribution in [3.63, 3.8) is 0 Å². The van der Waals surface area contributed by atoms with E-state index in [1.165, 1.54) is 0 Å². The van der Waals surface area contributed by atoms with E-state index < -0.39 is 0 Å². The molecular formula is C11H17NO. The zero-order valence-corrected chi connectivity index (χ0v) is 8.25. The van der Waals surface area contributed by atoms with Gasteiger partial charge in [-0.1, -0.05) is 18.6 Å². The van der Waals surface area contributed by atoms with E-state index >= 15 is 0 Å². The van der Waals surface area contributed by atoms with Crippen LogP contribution in [-0.4, -0.2) is 29.8 Å². The summed E-state index contributed by atoms with van der Waals surface area (Å²) in [5, 5.41) is 0. The molecule has 0 aromatic rings. The molecule has 2 heterocycles. The van der Waals surface area contributed by atoms with Gasteiger partial charge in [-0.2, -0.15) is 0 Å². The van der Waals surface area contributed by atoms with Crippen molar-refractivity contribution in [2.75, 3.05) is 13.1 Å². The van der Waals surface area contributed by atoms with Crippen molar-refractivity contribution in [1.82, 2.24) is 4.90 Å². The third-order valence-corrected chi connectivity index (χ3v) is 3.05. The van der Waals surface area contributed by atoms with Crippen molar-refractivity contribution in [2.45, 2.75) is 38.6 Å². The Bertz CT molecular complexity index is 244. The molecule has 0 aliphatic carbocycles. The molecule has 72 valence electrons. The quantitative estimate of drug-likeness (QED) is 0.572. The molecule has 0 spiro atoms. The standard InChI is InChI=1S/C11H17NO/c1-2-3-9-6-10-7-11(13)4-5-12(10)8-9/h3,10H,2,4-8H2,1H3/b9-3-. The van der Waals surface area contributed by atoms with Gasteiger partial charge >= 0.3 is 0 Å². The van der Waals surface area contributed by atoms with Gasteiger partial charge in [0.05, 0.1) is 0 Å². The summed E-state index contributed by atoms with van der Waals surface area (Å²) < 4.78 is 0. The fourth-order valence-corrected chi connectivity index (χ4v) is 2.42. The molecule has 0 bridgehead atoms. The Morgan fingerprint density at radius 2 is 2.38 bits per heavy atom. The average molecular weight is 179 g/mol. The second-order valence-corrected chi connectivity index (χ2v) is 4.09. The molecule has 1 atom stereocenters. The summed E-state index contributed by atoms with van der Waals surface area (Å²) >= 11 is 0. The van der Waals surface area contributed by atoms with Crippen LogP contribution in [0.5, 0.6) is 0 Å². The van der Waals surface area contributed by atoms with Gasteiger partial charge in [0.25, 0.3) is 0 Å². The summed E-state index contributed by atoms with van der Waals surface area (Å²) in [6.45, 7) is 4.28. The minimum atomic E-state index is 0.457. The van der Waals surface area contributed by atoms with Crippen LogP contribution in [0.15, 0.2) is 11.6 Å². The Hall–Kier alpha value is -0.630. The predicted molar refractivity (Wildman–Crippen MR) is 52.6 cm³/mol. The lowest BCUT2D eigenvalue weighted by atomic mass is 10.0. The monoisotopic (exact) mass is 179 g/mol. The first kappa shape index (κ1) is 8.95. The molecule has 2 aliphatic rings. The maximum Gasteiger partial charge on any atom is 0.135 e. The van der Waals surface area contributed by atoms with Crippen molar-refractivity contribution < 1.29 is 4.79 Å². The second-order valence-electron chi connectivity index (χ2n) is 4.09. The van der Waals surface area contributed by atoms with Gasteiger partial charge in [0.2, 0.25) is 0 Å². The number of hydrogen-bond donors (Lipinski definition) is 0. The number of carbonyl (C=O) groups is 1. The number of carbonyl (C=O) groups excluding carboxylic acids is 1. The lowest BCUT2D eigenvalue weighted by molar-refractivity contribution is -0.122. The molecule has 0 radical (unpaired) electrons. The van der Waals surface area contributed by atoms with Crippen LogP contribution in [0.4, 0.5) is 0 Å². The van der Waals surface area contributed by atoms with Crippen LogP contribution in [0, 0.1) is 0 Å². The van der Waals surface area contributed by atoms with Crippen LogP contribution >= 0.6 is 0 Å². The number of fused-ring (bicyclic) bond motifs is 1. The first-order valence-electron chi connectivity index (χ1n) is 5.23. The number of ketones is 1. The average Bonchev–Trinajstić information content (AvgIpc) is 2.46. The summed E-state index contributed by atoms with van der Waals surface area (Å²) in [5.74, 6) is 0.457. The molecule has 0 aromatic carbocycles. The highest BCUT2D eigenvalue weighted by Crippen LogP contribution is 2.28. The maximum absolute atomic E-state index is 11.2. The Labute approximate surface area is 79.6 Å². The summed E-state index contributed by atoms with van der Waals surface area (Å²) in [6.07, 6.45) is 6.16. The number of piperidine rings is 1. The van der Waals surface area contributed by atoms with Gasteiger partial charge in [0.1, 0.15) is 5.78 Å². The summed E-state index contributed by atoms with van der Waals surface area (Å²) in [5.41, 5.74) is 1.54. The fourth-order valence-electron chi connectivity index (χ4n) is 2.42. The molecule has 0 aromatic heterocycles. The first-order chi connectivity index (χ1) is 6.29. The van der Waals surface area contributed by atoms with Gasteiger partial charge in [0, 0.05) is 32.0 Å². The number of rotatable bonds is 1. The van der Waals surface area contributed by atoms with E-state index in [9.17, 15) is 4.79 Å². The second kappa shape index (κ2) is 3.62. The molecule has 2 aliphatic heterocycles. The molecule has 2 fully saturated rings. The molecule has 1 unspecified atom stereocenters. The molecule has 0 saturated carbocycles. The van der Waals surface area contributed by atoms with Crippen molar-refractivity contribution in [2.24, 2.45) is 0 Å². The van der Waals surface area contributed by atoms with Gasteiger partial charge in [-0.3, -0.25) is 9.69 Å². The predicted octanol–water partition coefficient (Wildman–Crippen LogP) is 1.76. The van der Waals surface area contributed by atoms with Crippen LogP contribution in [0.3, 0.4) is 0 Å². The Kier molecular flexibility index (Phi) is 2.49. The summed E-state index contributed by atoms with van der Waals surface area (Å²) in [7, 11) is 0. The third-order valence-electron chi connectivity index (χ3n) is 3.05. The molecule has 2 nitrogen and oxygen atoms in total. The van der Waals surface area contributed by atoms with Crippen LogP contribution < -0.4 is 0 Å². The number of hydrogen-bond acceptors (Lipinski definition) is 2. The largest absolute Gasteiger partial charge is 0.300 e. The van der Waals surface area contributed by atoms with E-state index in [0.717, 1.165) is 38.8 Å². The normalized spacial score (nSPS) is 32.5. The van der Waals surface area contributed by atoms with E-state index in [1.807, 2.05) is 0 Å². The minimum absolute atomic E-state index is 0.457. The Balaban J connectivity index is 2.02. The van der Waals surface area contributed by atoms with Crippen molar-refractivity contribution in [1.29, 1.82) is 0 Å². The zero-order valence-electron chi connectivity index (χ0n) is 8.25. The van der Waals surface area contributed by atoms with Crippen molar-refractivity contribution >= 4 is 5.78 Å². The summed E-state index contributed by atoms with van der Waals surface area (Å²) in [4.78, 5) is 13.7. The van der Waals surface area contributed by atoms with Gasteiger partial charge in [-0.25, -0.2) is 0 Å². The molecule has 2 heteroatoms. The van der Waals surface area contributed by atoms with Crippen molar-refractivity contribution in [3.8, 4) is 0 Å². The number of allylic oxidation sites excluding steroid dienone is 1.